The van der Waals surface area contributed by atoms with Crippen molar-refractivity contribution in [2.45, 2.75) is 25.9 Å². The summed E-state index contributed by atoms with van der Waals surface area (Å²) in [5, 5.41) is 7.58. The Bertz CT molecular complexity index is 700. The molecule has 148 valence electrons. The summed E-state index contributed by atoms with van der Waals surface area (Å²) in [6, 6.07) is 12.0. The van der Waals surface area contributed by atoms with Gasteiger partial charge in [-0.1, -0.05) is 29.8 Å². The van der Waals surface area contributed by atoms with Crippen molar-refractivity contribution in [2.75, 3.05) is 26.7 Å². The van der Waals surface area contributed by atoms with E-state index in [1.165, 1.54) is 18.4 Å². The summed E-state index contributed by atoms with van der Waals surface area (Å²) in [7, 11) is 1.80. The summed E-state index contributed by atoms with van der Waals surface area (Å²) in [6.07, 6.45) is 4.06. The zero-order chi connectivity index (χ0) is 18.2. The van der Waals surface area contributed by atoms with Gasteiger partial charge >= 0.3 is 0 Å². The molecule has 0 atom stereocenters. The Labute approximate surface area is 183 Å². The van der Waals surface area contributed by atoms with E-state index in [-0.39, 0.29) is 24.0 Å². The molecule has 1 aliphatic rings. The molecule has 1 aliphatic heterocycles. The normalized spacial score (nSPS) is 16.0. The number of rotatable bonds is 6. The van der Waals surface area contributed by atoms with Crippen LogP contribution < -0.4 is 10.6 Å². The lowest BCUT2D eigenvalue weighted by molar-refractivity contribution is 0.178. The standard InChI is InChI=1S/C20H27ClN4O.HI/c1-22-20(24-14-18-6-4-12-26-18)23-13-16-8-10-25(11-9-16)15-17-5-2-3-7-19(17)21;/h2-7,12,16H,8-11,13-15H2,1H3,(H2,22,23,24);1H. The Morgan fingerprint density at radius 1 is 1.19 bits per heavy atom. The topological polar surface area (TPSA) is 52.8 Å². The molecule has 5 nitrogen and oxygen atoms in total. The number of hydrogen-bond donors (Lipinski definition) is 2. The Kier molecular flexibility index (Phi) is 9.44. The molecule has 3 rings (SSSR count). The van der Waals surface area contributed by atoms with Gasteiger partial charge in [-0.15, -0.1) is 24.0 Å². The molecular weight excluding hydrogens is 475 g/mol. The van der Waals surface area contributed by atoms with Crippen LogP contribution in [0.4, 0.5) is 0 Å². The van der Waals surface area contributed by atoms with Crippen molar-refractivity contribution >= 4 is 41.5 Å². The number of nitrogens with one attached hydrogen (secondary N) is 2. The van der Waals surface area contributed by atoms with Crippen molar-refractivity contribution in [1.29, 1.82) is 0 Å². The number of furan rings is 1. The lowest BCUT2D eigenvalue weighted by Crippen LogP contribution is -2.42. The highest BCUT2D eigenvalue weighted by Gasteiger charge is 2.20. The first-order valence-electron chi connectivity index (χ1n) is 9.17. The fourth-order valence-corrected chi connectivity index (χ4v) is 3.46. The van der Waals surface area contributed by atoms with Crippen LogP contribution in [-0.4, -0.2) is 37.5 Å². The molecule has 7 heteroatoms. The molecule has 27 heavy (non-hydrogen) atoms. The highest BCUT2D eigenvalue weighted by atomic mass is 127. The summed E-state index contributed by atoms with van der Waals surface area (Å²) in [5.74, 6) is 2.39. The molecule has 1 fully saturated rings. The lowest BCUT2D eigenvalue weighted by Gasteiger charge is -2.32. The zero-order valence-corrected chi connectivity index (χ0v) is 18.7. The van der Waals surface area contributed by atoms with Crippen LogP contribution in [0.1, 0.15) is 24.2 Å². The molecule has 2 N–H and O–H groups in total. The van der Waals surface area contributed by atoms with E-state index in [1.54, 1.807) is 13.3 Å². The van der Waals surface area contributed by atoms with Crippen LogP contribution in [0.2, 0.25) is 5.02 Å². The summed E-state index contributed by atoms with van der Waals surface area (Å²) in [4.78, 5) is 6.77. The number of halogens is 2. The largest absolute Gasteiger partial charge is 0.467 e. The van der Waals surface area contributed by atoms with E-state index in [0.717, 1.165) is 42.9 Å². The number of hydrogen-bond acceptors (Lipinski definition) is 3. The van der Waals surface area contributed by atoms with Gasteiger partial charge in [-0.05, 0) is 55.6 Å². The summed E-state index contributed by atoms with van der Waals surface area (Å²) in [6.45, 7) is 4.74. The molecule has 0 aliphatic carbocycles. The average molecular weight is 503 g/mol. The minimum Gasteiger partial charge on any atom is -0.467 e. The molecule has 0 radical (unpaired) electrons. The van der Waals surface area contributed by atoms with Crippen molar-refractivity contribution in [3.63, 3.8) is 0 Å². The van der Waals surface area contributed by atoms with Gasteiger partial charge in [0.1, 0.15) is 5.76 Å². The van der Waals surface area contributed by atoms with Crippen molar-refractivity contribution in [3.8, 4) is 0 Å². The Morgan fingerprint density at radius 2 is 1.96 bits per heavy atom. The number of benzene rings is 1. The van der Waals surface area contributed by atoms with Gasteiger partial charge in [0.25, 0.3) is 0 Å². The zero-order valence-electron chi connectivity index (χ0n) is 15.7. The highest BCUT2D eigenvalue weighted by Crippen LogP contribution is 2.21. The number of piperidine rings is 1. The summed E-state index contributed by atoms with van der Waals surface area (Å²) < 4.78 is 5.33. The van der Waals surface area contributed by atoms with Crippen LogP contribution in [0, 0.1) is 5.92 Å². The summed E-state index contributed by atoms with van der Waals surface area (Å²) >= 11 is 6.28. The van der Waals surface area contributed by atoms with Crippen molar-refractivity contribution in [1.82, 2.24) is 15.5 Å². The third kappa shape index (κ3) is 7.01. The predicted octanol–water partition coefficient (Wildman–Crippen LogP) is 4.13. The molecule has 1 aromatic heterocycles. The maximum atomic E-state index is 6.28. The molecule has 1 aromatic carbocycles. The maximum absolute atomic E-state index is 6.28. The van der Waals surface area contributed by atoms with Gasteiger partial charge in [-0.2, -0.15) is 0 Å². The molecular formula is C20H28ClIN4O. The van der Waals surface area contributed by atoms with Crippen LogP contribution in [0.15, 0.2) is 52.1 Å². The van der Waals surface area contributed by atoms with Gasteiger partial charge in [-0.3, -0.25) is 9.89 Å². The van der Waals surface area contributed by atoms with Gasteiger partial charge < -0.3 is 15.1 Å². The Morgan fingerprint density at radius 3 is 2.63 bits per heavy atom. The quantitative estimate of drug-likeness (QED) is 0.354. The van der Waals surface area contributed by atoms with Crippen LogP contribution >= 0.6 is 35.6 Å². The second kappa shape index (κ2) is 11.6. The molecule has 1 saturated heterocycles. The van der Waals surface area contributed by atoms with Gasteiger partial charge in [-0.25, -0.2) is 0 Å². The van der Waals surface area contributed by atoms with E-state index in [9.17, 15) is 0 Å². The molecule has 0 unspecified atom stereocenters. The van der Waals surface area contributed by atoms with Crippen LogP contribution in [0.25, 0.3) is 0 Å². The van der Waals surface area contributed by atoms with Gasteiger partial charge in [0.15, 0.2) is 5.96 Å². The first-order chi connectivity index (χ1) is 12.7. The van der Waals surface area contributed by atoms with E-state index in [2.05, 4.69) is 32.7 Å². The van der Waals surface area contributed by atoms with Gasteiger partial charge in [0.2, 0.25) is 0 Å². The minimum atomic E-state index is 0. The monoisotopic (exact) mass is 502 g/mol. The third-order valence-electron chi connectivity index (χ3n) is 4.85. The van der Waals surface area contributed by atoms with Crippen LogP contribution in [0.3, 0.4) is 0 Å². The van der Waals surface area contributed by atoms with Crippen molar-refractivity contribution in [2.24, 2.45) is 10.9 Å². The summed E-state index contributed by atoms with van der Waals surface area (Å²) in [5.41, 5.74) is 1.22. The Balaban J connectivity index is 0.00000261. The first-order valence-corrected chi connectivity index (χ1v) is 9.55. The first kappa shape index (κ1) is 22.0. The Hall–Kier alpha value is -1.25. The van der Waals surface area contributed by atoms with E-state index >= 15 is 0 Å². The number of nitrogens with zero attached hydrogens (tertiary/aromatic N) is 2. The second-order valence-electron chi connectivity index (χ2n) is 6.70. The predicted molar refractivity (Wildman–Crippen MR) is 122 cm³/mol. The van der Waals surface area contributed by atoms with E-state index in [1.807, 2.05) is 24.3 Å². The molecule has 0 amide bonds. The number of guanidine groups is 1. The van der Waals surface area contributed by atoms with Crippen LogP contribution in [0.5, 0.6) is 0 Å². The third-order valence-corrected chi connectivity index (χ3v) is 5.22. The van der Waals surface area contributed by atoms with Crippen molar-refractivity contribution < 1.29 is 4.42 Å². The van der Waals surface area contributed by atoms with E-state index in [4.69, 9.17) is 16.0 Å². The molecule has 2 heterocycles. The van der Waals surface area contributed by atoms with Gasteiger partial charge in [0, 0.05) is 25.2 Å². The number of aliphatic imine (C=N–C) groups is 1. The van der Waals surface area contributed by atoms with Crippen molar-refractivity contribution in [3.05, 3.63) is 59.0 Å². The smallest absolute Gasteiger partial charge is 0.191 e. The number of likely N-dealkylation sites (tertiary alicyclic amines) is 1. The fraction of sp³-hybridized carbons (Fsp3) is 0.450. The van der Waals surface area contributed by atoms with E-state index < -0.39 is 0 Å². The van der Waals surface area contributed by atoms with Crippen LogP contribution in [-0.2, 0) is 13.1 Å². The molecule has 0 bridgehead atoms. The molecule has 0 spiro atoms. The maximum Gasteiger partial charge on any atom is 0.191 e. The average Bonchev–Trinajstić information content (AvgIpc) is 3.18. The second-order valence-corrected chi connectivity index (χ2v) is 7.10. The molecule has 0 saturated carbocycles. The van der Waals surface area contributed by atoms with E-state index in [0.29, 0.717) is 12.5 Å². The van der Waals surface area contributed by atoms with Gasteiger partial charge in [0.05, 0.1) is 12.8 Å². The minimum absolute atomic E-state index is 0. The highest BCUT2D eigenvalue weighted by molar-refractivity contribution is 14.0. The lowest BCUT2D eigenvalue weighted by atomic mass is 9.96. The SMILES string of the molecule is CN=C(NCc1ccco1)NCC1CCN(Cc2ccccc2Cl)CC1.I. The molecule has 2 aromatic rings. The fourth-order valence-electron chi connectivity index (χ4n) is 3.26.